The van der Waals surface area contributed by atoms with E-state index in [1.165, 1.54) is 11.3 Å². The second kappa shape index (κ2) is 4.51. The second-order valence-electron chi connectivity index (χ2n) is 4.26. The van der Waals surface area contributed by atoms with Crippen LogP contribution < -0.4 is 5.32 Å². The number of aromatic amines is 1. The van der Waals surface area contributed by atoms with Gasteiger partial charge in [-0.15, -0.1) is 11.3 Å². The number of nitrogens with zero attached hydrogens (tertiary/aromatic N) is 3. The van der Waals surface area contributed by atoms with E-state index in [-0.39, 0.29) is 5.91 Å². The fourth-order valence-corrected chi connectivity index (χ4v) is 3.00. The number of hydrogen-bond donors (Lipinski definition) is 2. The Balaban J connectivity index is 1.79. The molecule has 19 heavy (non-hydrogen) atoms. The lowest BCUT2D eigenvalue weighted by Gasteiger charge is -2.00. The van der Waals surface area contributed by atoms with Crippen molar-refractivity contribution >= 4 is 27.5 Å². The Hall–Kier alpha value is -2.15. The molecule has 0 saturated heterocycles. The van der Waals surface area contributed by atoms with Gasteiger partial charge in [-0.25, -0.2) is 4.98 Å². The van der Waals surface area contributed by atoms with Crippen LogP contribution in [0.2, 0.25) is 0 Å². The molecule has 0 unspecified atom stereocenters. The molecule has 0 aliphatic carbocycles. The first-order valence-corrected chi connectivity index (χ1v) is 6.66. The van der Waals surface area contributed by atoms with Crippen molar-refractivity contribution < 1.29 is 4.79 Å². The van der Waals surface area contributed by atoms with E-state index in [1.807, 2.05) is 20.0 Å². The highest BCUT2D eigenvalue weighted by Gasteiger charge is 2.14. The van der Waals surface area contributed by atoms with Gasteiger partial charge < -0.3 is 10.3 Å². The van der Waals surface area contributed by atoms with Crippen LogP contribution in [0, 0.1) is 6.92 Å². The van der Waals surface area contributed by atoms with Gasteiger partial charge in [0.05, 0.1) is 17.1 Å². The Morgan fingerprint density at radius 3 is 3.11 bits per heavy atom. The van der Waals surface area contributed by atoms with Crippen LogP contribution in [0.15, 0.2) is 18.5 Å². The fourth-order valence-electron chi connectivity index (χ4n) is 1.96. The minimum atomic E-state index is -0.0861. The van der Waals surface area contributed by atoms with Crippen molar-refractivity contribution in [2.24, 2.45) is 7.05 Å². The Morgan fingerprint density at radius 2 is 2.42 bits per heavy atom. The van der Waals surface area contributed by atoms with Crippen molar-refractivity contribution in [3.8, 4) is 0 Å². The van der Waals surface area contributed by atoms with Gasteiger partial charge >= 0.3 is 0 Å². The molecule has 0 saturated carbocycles. The minimum Gasteiger partial charge on any atom is -0.347 e. The van der Waals surface area contributed by atoms with Crippen LogP contribution >= 0.6 is 11.3 Å². The molecule has 0 aliphatic rings. The van der Waals surface area contributed by atoms with Crippen molar-refractivity contribution in [2.75, 3.05) is 0 Å². The molecule has 0 radical (unpaired) electrons. The third kappa shape index (κ3) is 2.12. The fraction of sp³-hybridized carbons (Fsp3) is 0.250. The maximum Gasteiger partial charge on any atom is 0.261 e. The Bertz CT molecular complexity index is 690. The summed E-state index contributed by atoms with van der Waals surface area (Å²) in [6.45, 7) is 2.34. The molecule has 3 aromatic heterocycles. The molecule has 0 aromatic carbocycles. The summed E-state index contributed by atoms with van der Waals surface area (Å²) >= 11 is 1.45. The molecule has 3 aromatic rings. The number of amides is 1. The summed E-state index contributed by atoms with van der Waals surface area (Å²) in [6.07, 6.45) is 3.39. The van der Waals surface area contributed by atoms with Crippen molar-refractivity contribution in [3.63, 3.8) is 0 Å². The van der Waals surface area contributed by atoms with Crippen LogP contribution in [0.25, 0.3) is 10.2 Å². The molecule has 7 heteroatoms. The lowest BCUT2D eigenvalue weighted by molar-refractivity contribution is 0.0954. The van der Waals surface area contributed by atoms with Crippen LogP contribution in [-0.4, -0.2) is 25.7 Å². The summed E-state index contributed by atoms with van der Waals surface area (Å²) < 4.78 is 1.80. The number of carbonyl (C=O) groups excluding carboxylic acids is 1. The average molecular weight is 275 g/mol. The van der Waals surface area contributed by atoms with Crippen LogP contribution in [0.3, 0.4) is 0 Å². The van der Waals surface area contributed by atoms with Crippen molar-refractivity contribution in [1.29, 1.82) is 0 Å². The summed E-state index contributed by atoms with van der Waals surface area (Å²) in [5.41, 5.74) is 0.943. The highest BCUT2D eigenvalue weighted by Crippen LogP contribution is 2.27. The maximum absolute atomic E-state index is 12.1. The van der Waals surface area contributed by atoms with Gasteiger partial charge in [0.25, 0.3) is 5.91 Å². The second-order valence-corrected chi connectivity index (χ2v) is 5.29. The third-order valence-corrected chi connectivity index (χ3v) is 4.09. The molecule has 0 spiro atoms. The van der Waals surface area contributed by atoms with E-state index < -0.39 is 0 Å². The number of hydrogen-bond acceptors (Lipinski definition) is 4. The van der Waals surface area contributed by atoms with Crippen molar-refractivity contribution in [2.45, 2.75) is 13.5 Å². The predicted octanol–water partition coefficient (Wildman–Crippen LogP) is 1.60. The average Bonchev–Trinajstić information content (AvgIpc) is 3.08. The van der Waals surface area contributed by atoms with Gasteiger partial charge in [0, 0.05) is 24.8 Å². The first-order chi connectivity index (χ1) is 9.15. The number of imidazole rings is 1. The van der Waals surface area contributed by atoms with Gasteiger partial charge in [-0.2, -0.15) is 5.10 Å². The molecule has 0 bridgehead atoms. The summed E-state index contributed by atoms with van der Waals surface area (Å²) in [6, 6.07) is 1.89. The normalized spacial score (nSPS) is 11.1. The molecule has 1 amide bonds. The van der Waals surface area contributed by atoms with Crippen LogP contribution in [0.1, 0.15) is 21.2 Å². The molecule has 2 N–H and O–H groups in total. The molecule has 98 valence electrons. The molecule has 0 fully saturated rings. The zero-order valence-corrected chi connectivity index (χ0v) is 11.4. The smallest absolute Gasteiger partial charge is 0.261 e. The van der Waals surface area contributed by atoms with E-state index in [0.29, 0.717) is 11.4 Å². The van der Waals surface area contributed by atoms with Gasteiger partial charge in [0.1, 0.15) is 10.7 Å². The first-order valence-electron chi connectivity index (χ1n) is 5.85. The zero-order chi connectivity index (χ0) is 13.4. The monoisotopic (exact) mass is 275 g/mol. The summed E-state index contributed by atoms with van der Waals surface area (Å²) in [7, 11) is 1.89. The van der Waals surface area contributed by atoms with E-state index in [9.17, 15) is 4.79 Å². The van der Waals surface area contributed by atoms with Gasteiger partial charge in [0.2, 0.25) is 0 Å². The Kier molecular flexibility index (Phi) is 2.83. The summed E-state index contributed by atoms with van der Waals surface area (Å²) in [5.74, 6) is 0.657. The minimum absolute atomic E-state index is 0.0861. The van der Waals surface area contributed by atoms with Gasteiger partial charge in [-0.3, -0.25) is 9.48 Å². The molecular formula is C12H13N5OS. The number of H-pyrrole nitrogens is 1. The number of aromatic nitrogens is 4. The maximum atomic E-state index is 12.1. The number of thiophene rings is 1. The summed E-state index contributed by atoms with van der Waals surface area (Å²) in [4.78, 5) is 20.8. The van der Waals surface area contributed by atoms with Crippen molar-refractivity contribution in [1.82, 2.24) is 25.1 Å². The lowest BCUT2D eigenvalue weighted by atomic mass is 10.3. The van der Waals surface area contributed by atoms with E-state index >= 15 is 0 Å². The highest BCUT2D eigenvalue weighted by molar-refractivity contribution is 7.20. The van der Waals surface area contributed by atoms with Crippen LogP contribution in [-0.2, 0) is 13.6 Å². The zero-order valence-electron chi connectivity index (χ0n) is 10.6. The topological polar surface area (TPSA) is 75.6 Å². The molecule has 0 aliphatic heterocycles. The largest absolute Gasteiger partial charge is 0.347 e. The number of rotatable bonds is 3. The van der Waals surface area contributed by atoms with E-state index in [0.717, 1.165) is 21.7 Å². The molecule has 3 rings (SSSR count). The van der Waals surface area contributed by atoms with Gasteiger partial charge in [-0.1, -0.05) is 0 Å². The number of nitrogens with one attached hydrogen (secondary N) is 2. The Labute approximate surface area is 113 Å². The first kappa shape index (κ1) is 11.9. The summed E-state index contributed by atoms with van der Waals surface area (Å²) in [5, 5.41) is 8.19. The van der Waals surface area contributed by atoms with E-state index in [2.05, 4.69) is 20.4 Å². The standard InChI is InChI=1S/C12H13N5OS/c1-7-8-5-9(19-12(8)17(2)16-7)11(18)15-6-10-13-3-4-14-10/h3-5H,6H2,1-2H3,(H,13,14)(H,15,18). The van der Waals surface area contributed by atoms with Crippen molar-refractivity contribution in [3.05, 3.63) is 34.9 Å². The van der Waals surface area contributed by atoms with Crippen LogP contribution in [0.4, 0.5) is 0 Å². The molecule has 0 atom stereocenters. The SMILES string of the molecule is Cc1nn(C)c2sc(C(=O)NCc3ncc[nH]3)cc12. The number of carbonyl (C=O) groups is 1. The molecule has 6 nitrogen and oxygen atoms in total. The third-order valence-electron chi connectivity index (χ3n) is 2.89. The number of aryl methyl sites for hydroxylation is 2. The lowest BCUT2D eigenvalue weighted by Crippen LogP contribution is -2.22. The van der Waals surface area contributed by atoms with Crippen LogP contribution in [0.5, 0.6) is 0 Å². The number of fused-ring (bicyclic) bond motifs is 1. The molecular weight excluding hydrogens is 262 g/mol. The Morgan fingerprint density at radius 1 is 1.58 bits per heavy atom. The predicted molar refractivity (Wildman–Crippen MR) is 73.1 cm³/mol. The molecule has 3 heterocycles. The van der Waals surface area contributed by atoms with Gasteiger partial charge in [-0.05, 0) is 13.0 Å². The van der Waals surface area contributed by atoms with E-state index in [1.54, 1.807) is 17.1 Å². The van der Waals surface area contributed by atoms with E-state index in [4.69, 9.17) is 0 Å². The quantitative estimate of drug-likeness (QED) is 0.762. The highest BCUT2D eigenvalue weighted by atomic mass is 32.1. The van der Waals surface area contributed by atoms with Gasteiger partial charge in [0.15, 0.2) is 0 Å².